The van der Waals surface area contributed by atoms with Crippen molar-refractivity contribution < 1.29 is 4.79 Å². The minimum Gasteiger partial charge on any atom is -0.323 e. The lowest BCUT2D eigenvalue weighted by molar-refractivity contribution is 0.164. The highest BCUT2D eigenvalue weighted by Crippen LogP contribution is 2.27. The molecule has 4 rings (SSSR count). The van der Waals surface area contributed by atoms with Gasteiger partial charge in [-0.1, -0.05) is 32.0 Å². The molecule has 0 unspecified atom stereocenters. The van der Waals surface area contributed by atoms with Crippen LogP contribution in [0.4, 0.5) is 10.5 Å². The number of rotatable bonds is 5. The van der Waals surface area contributed by atoms with Crippen LogP contribution in [0, 0.1) is 5.92 Å². The zero-order valence-electron chi connectivity index (χ0n) is 16.2. The molecule has 0 atom stereocenters. The van der Waals surface area contributed by atoms with Gasteiger partial charge in [0.1, 0.15) is 0 Å². The highest BCUT2D eigenvalue weighted by atomic mass is 16.2. The van der Waals surface area contributed by atoms with E-state index >= 15 is 0 Å². The van der Waals surface area contributed by atoms with Crippen molar-refractivity contribution in [2.45, 2.75) is 26.3 Å². The van der Waals surface area contributed by atoms with Crippen molar-refractivity contribution in [1.29, 1.82) is 0 Å². The van der Waals surface area contributed by atoms with E-state index in [-0.39, 0.29) is 6.03 Å². The van der Waals surface area contributed by atoms with E-state index in [1.807, 2.05) is 52.3 Å². The van der Waals surface area contributed by atoms with Crippen LogP contribution in [0.15, 0.2) is 61.2 Å². The zero-order valence-corrected chi connectivity index (χ0v) is 16.2. The van der Waals surface area contributed by atoms with E-state index in [2.05, 4.69) is 41.5 Å². The van der Waals surface area contributed by atoms with Crippen molar-refractivity contribution in [2.24, 2.45) is 5.92 Å². The molecule has 0 saturated carbocycles. The molecule has 0 bridgehead atoms. The van der Waals surface area contributed by atoms with Crippen molar-refractivity contribution >= 4 is 11.7 Å². The fourth-order valence-corrected chi connectivity index (χ4v) is 3.41. The molecule has 1 N–H and O–H groups in total. The molecule has 0 aliphatic carbocycles. The van der Waals surface area contributed by atoms with Crippen molar-refractivity contribution in [3.8, 4) is 11.1 Å². The van der Waals surface area contributed by atoms with Gasteiger partial charge in [0.2, 0.25) is 0 Å². The van der Waals surface area contributed by atoms with Crippen LogP contribution in [0.3, 0.4) is 0 Å². The molecular formula is C22H25N5O. The Morgan fingerprint density at radius 3 is 2.61 bits per heavy atom. The van der Waals surface area contributed by atoms with E-state index in [1.54, 1.807) is 6.20 Å². The maximum absolute atomic E-state index is 12.4. The highest BCUT2D eigenvalue weighted by Gasteiger charge is 2.31. The first-order valence-corrected chi connectivity index (χ1v) is 9.67. The standard InChI is InChI=1S/C22H25N5O/c1-16(2)12-27-15-19(11-24-27)17-5-7-21(8-6-17)25-22(28)26-13-20(14-26)18-4-3-9-23-10-18/h3-11,15-16,20H,12-14H2,1-2H3,(H,25,28). The second-order valence-corrected chi connectivity index (χ2v) is 7.74. The number of carbonyl (C=O) groups excluding carboxylic acids is 1. The van der Waals surface area contributed by atoms with Gasteiger partial charge in [-0.25, -0.2) is 4.79 Å². The van der Waals surface area contributed by atoms with Gasteiger partial charge in [0.15, 0.2) is 0 Å². The smallest absolute Gasteiger partial charge is 0.321 e. The summed E-state index contributed by atoms with van der Waals surface area (Å²) in [5.74, 6) is 0.939. The molecule has 3 aromatic rings. The van der Waals surface area contributed by atoms with E-state index in [9.17, 15) is 4.79 Å². The van der Waals surface area contributed by atoms with Crippen LogP contribution < -0.4 is 5.32 Å². The van der Waals surface area contributed by atoms with E-state index in [1.165, 1.54) is 5.56 Å². The summed E-state index contributed by atoms with van der Waals surface area (Å²) < 4.78 is 1.97. The van der Waals surface area contributed by atoms with Crippen LogP contribution in [0.5, 0.6) is 0 Å². The van der Waals surface area contributed by atoms with Gasteiger partial charge in [0.05, 0.1) is 6.20 Å². The normalized spacial score (nSPS) is 14.2. The predicted molar refractivity (Wildman–Crippen MR) is 110 cm³/mol. The topological polar surface area (TPSA) is 63.1 Å². The predicted octanol–water partition coefficient (Wildman–Crippen LogP) is 4.23. The first kappa shape index (κ1) is 18.2. The molecule has 6 nitrogen and oxygen atoms in total. The molecule has 1 fully saturated rings. The van der Waals surface area contributed by atoms with Crippen LogP contribution in [0.1, 0.15) is 25.3 Å². The Hall–Kier alpha value is -3.15. The molecule has 1 aliphatic rings. The van der Waals surface area contributed by atoms with Gasteiger partial charge in [-0.2, -0.15) is 5.10 Å². The number of nitrogens with one attached hydrogen (secondary N) is 1. The summed E-state index contributed by atoms with van der Waals surface area (Å²) in [6, 6.07) is 11.8. The Kier molecular flexibility index (Phi) is 5.10. The number of amides is 2. The van der Waals surface area contributed by atoms with Gasteiger partial charge in [-0.3, -0.25) is 9.67 Å². The number of likely N-dealkylation sites (tertiary alicyclic amines) is 1. The van der Waals surface area contributed by atoms with Gasteiger partial charge >= 0.3 is 6.03 Å². The molecule has 0 spiro atoms. The number of pyridine rings is 1. The van der Waals surface area contributed by atoms with Gasteiger partial charge in [-0.05, 0) is 35.2 Å². The minimum atomic E-state index is -0.0577. The summed E-state index contributed by atoms with van der Waals surface area (Å²) in [6.07, 6.45) is 7.59. The Labute approximate surface area is 165 Å². The first-order valence-electron chi connectivity index (χ1n) is 9.67. The average Bonchev–Trinajstić information content (AvgIpc) is 3.10. The van der Waals surface area contributed by atoms with Crippen molar-refractivity contribution in [3.05, 3.63) is 66.7 Å². The Morgan fingerprint density at radius 1 is 1.14 bits per heavy atom. The van der Waals surface area contributed by atoms with E-state index in [0.717, 1.165) is 36.4 Å². The second kappa shape index (κ2) is 7.84. The molecule has 3 heterocycles. The summed E-state index contributed by atoms with van der Waals surface area (Å²) in [7, 11) is 0. The molecule has 2 amide bonds. The molecule has 1 aliphatic heterocycles. The van der Waals surface area contributed by atoms with Gasteiger partial charge in [-0.15, -0.1) is 0 Å². The number of anilines is 1. The van der Waals surface area contributed by atoms with Gasteiger partial charge in [0.25, 0.3) is 0 Å². The summed E-state index contributed by atoms with van der Waals surface area (Å²) in [5, 5.41) is 7.39. The number of urea groups is 1. The third kappa shape index (κ3) is 4.06. The number of hydrogen-bond acceptors (Lipinski definition) is 3. The van der Waals surface area contributed by atoms with Gasteiger partial charge in [0, 0.05) is 55.4 Å². The summed E-state index contributed by atoms with van der Waals surface area (Å²) in [6.45, 7) is 6.71. The van der Waals surface area contributed by atoms with E-state index < -0.39 is 0 Å². The number of benzene rings is 1. The largest absolute Gasteiger partial charge is 0.323 e. The molecule has 2 aromatic heterocycles. The minimum absolute atomic E-state index is 0.0577. The first-order chi connectivity index (χ1) is 13.6. The number of aromatic nitrogens is 3. The van der Waals surface area contributed by atoms with Crippen LogP contribution in [-0.4, -0.2) is 38.8 Å². The lowest BCUT2D eigenvalue weighted by Gasteiger charge is -2.39. The fraction of sp³-hybridized carbons (Fsp3) is 0.318. The SMILES string of the molecule is CC(C)Cn1cc(-c2ccc(NC(=O)N3CC(c4cccnc4)C3)cc2)cn1. The van der Waals surface area contributed by atoms with Crippen molar-refractivity contribution in [3.63, 3.8) is 0 Å². The Balaban J connectivity index is 1.32. The summed E-state index contributed by atoms with van der Waals surface area (Å²) >= 11 is 0. The molecule has 6 heteroatoms. The lowest BCUT2D eigenvalue weighted by Crippen LogP contribution is -2.50. The van der Waals surface area contributed by atoms with E-state index in [0.29, 0.717) is 11.8 Å². The van der Waals surface area contributed by atoms with Crippen molar-refractivity contribution in [2.75, 3.05) is 18.4 Å². The monoisotopic (exact) mass is 375 g/mol. The lowest BCUT2D eigenvalue weighted by atomic mass is 9.93. The molecule has 0 radical (unpaired) electrons. The number of carbonyl (C=O) groups is 1. The van der Waals surface area contributed by atoms with Crippen LogP contribution >= 0.6 is 0 Å². The van der Waals surface area contributed by atoms with Crippen molar-refractivity contribution in [1.82, 2.24) is 19.7 Å². The molecule has 28 heavy (non-hydrogen) atoms. The Bertz CT molecular complexity index is 927. The quantitative estimate of drug-likeness (QED) is 0.726. The van der Waals surface area contributed by atoms with Gasteiger partial charge < -0.3 is 10.2 Å². The van der Waals surface area contributed by atoms with Crippen LogP contribution in [0.25, 0.3) is 11.1 Å². The molecule has 144 valence electrons. The second-order valence-electron chi connectivity index (χ2n) is 7.74. The zero-order chi connectivity index (χ0) is 19.5. The number of hydrogen-bond donors (Lipinski definition) is 1. The van der Waals surface area contributed by atoms with Crippen LogP contribution in [0.2, 0.25) is 0 Å². The van der Waals surface area contributed by atoms with Crippen LogP contribution in [-0.2, 0) is 6.54 Å². The maximum atomic E-state index is 12.4. The summed E-state index contributed by atoms with van der Waals surface area (Å²) in [5.41, 5.74) is 4.16. The van der Waals surface area contributed by atoms with E-state index in [4.69, 9.17) is 0 Å². The maximum Gasteiger partial charge on any atom is 0.321 e. The third-order valence-electron chi connectivity index (χ3n) is 4.98. The Morgan fingerprint density at radius 2 is 1.93 bits per heavy atom. The highest BCUT2D eigenvalue weighted by molar-refractivity contribution is 5.90. The number of nitrogens with zero attached hydrogens (tertiary/aromatic N) is 4. The molecule has 1 aromatic carbocycles. The summed E-state index contributed by atoms with van der Waals surface area (Å²) in [4.78, 5) is 18.4. The average molecular weight is 375 g/mol. The molecular weight excluding hydrogens is 350 g/mol. The fourth-order valence-electron chi connectivity index (χ4n) is 3.41. The molecule has 1 saturated heterocycles. The third-order valence-corrected chi connectivity index (χ3v) is 4.98.